The van der Waals surface area contributed by atoms with Crippen LogP contribution in [-0.2, 0) is 4.79 Å². The van der Waals surface area contributed by atoms with E-state index >= 15 is 0 Å². The molecule has 1 atom stereocenters. The van der Waals surface area contributed by atoms with Crippen LogP contribution in [0, 0.1) is 0 Å². The van der Waals surface area contributed by atoms with Crippen LogP contribution in [0.4, 0.5) is 5.95 Å². The molecule has 1 aliphatic heterocycles. The highest BCUT2D eigenvalue weighted by Gasteiger charge is 2.29. The molecule has 1 fully saturated rings. The standard InChI is InChI=1S/C8H11BN4O3/c10-6-1-7(14)13(4-6)8-11-2-5(3-12-8)9(15)16/h2-3,6,15-16H,1,4,10H2. The summed E-state index contributed by atoms with van der Waals surface area (Å²) in [6, 6.07) is -0.195. The average Bonchev–Trinajstić information content (AvgIpc) is 2.58. The van der Waals surface area contributed by atoms with Crippen LogP contribution in [0.5, 0.6) is 0 Å². The van der Waals surface area contributed by atoms with Crippen molar-refractivity contribution in [2.45, 2.75) is 12.5 Å². The minimum atomic E-state index is -1.61. The van der Waals surface area contributed by atoms with Crippen molar-refractivity contribution in [3.05, 3.63) is 12.4 Å². The van der Waals surface area contributed by atoms with Crippen LogP contribution in [0.15, 0.2) is 12.4 Å². The number of nitrogens with zero attached hydrogens (tertiary/aromatic N) is 3. The van der Waals surface area contributed by atoms with E-state index in [4.69, 9.17) is 15.8 Å². The predicted molar refractivity (Wildman–Crippen MR) is 56.8 cm³/mol. The number of carbonyl (C=O) groups is 1. The summed E-state index contributed by atoms with van der Waals surface area (Å²) in [5.74, 6) is 0.118. The molecule has 1 aromatic rings. The summed E-state index contributed by atoms with van der Waals surface area (Å²) in [6.07, 6.45) is 2.82. The highest BCUT2D eigenvalue weighted by atomic mass is 16.4. The second-order valence-corrected chi connectivity index (χ2v) is 3.66. The molecule has 1 saturated heterocycles. The molecule has 84 valence electrons. The number of aromatic nitrogens is 2. The third kappa shape index (κ3) is 2.03. The van der Waals surface area contributed by atoms with Gasteiger partial charge in [0.1, 0.15) is 0 Å². The Morgan fingerprint density at radius 2 is 2.06 bits per heavy atom. The van der Waals surface area contributed by atoms with Gasteiger partial charge in [0.25, 0.3) is 0 Å². The lowest BCUT2D eigenvalue weighted by Gasteiger charge is -2.13. The first kappa shape index (κ1) is 11.0. The average molecular weight is 222 g/mol. The molecule has 0 radical (unpaired) electrons. The Hall–Kier alpha value is -1.51. The normalized spacial score (nSPS) is 20.3. The third-order valence-electron chi connectivity index (χ3n) is 2.35. The molecule has 16 heavy (non-hydrogen) atoms. The van der Waals surface area contributed by atoms with Crippen LogP contribution in [0.25, 0.3) is 0 Å². The molecule has 1 amide bonds. The lowest BCUT2D eigenvalue weighted by atomic mass is 9.83. The summed E-state index contributed by atoms with van der Waals surface area (Å²) < 4.78 is 0. The Morgan fingerprint density at radius 1 is 1.44 bits per heavy atom. The number of carbonyl (C=O) groups excluding carboxylic acids is 1. The SMILES string of the molecule is NC1CC(=O)N(c2ncc(B(O)O)cn2)C1. The van der Waals surface area contributed by atoms with E-state index in [1.807, 2.05) is 0 Å². The fraction of sp³-hybridized carbons (Fsp3) is 0.375. The minimum absolute atomic E-state index is 0.121. The summed E-state index contributed by atoms with van der Waals surface area (Å²) >= 11 is 0. The van der Waals surface area contributed by atoms with Gasteiger partial charge in [0.15, 0.2) is 0 Å². The van der Waals surface area contributed by atoms with Gasteiger partial charge >= 0.3 is 7.12 Å². The van der Waals surface area contributed by atoms with E-state index < -0.39 is 7.12 Å². The molecule has 0 bridgehead atoms. The van der Waals surface area contributed by atoms with Crippen molar-refractivity contribution in [2.24, 2.45) is 5.73 Å². The molecular formula is C8H11BN4O3. The molecule has 1 aliphatic rings. The number of rotatable bonds is 2. The van der Waals surface area contributed by atoms with E-state index in [9.17, 15) is 4.79 Å². The fourth-order valence-electron chi connectivity index (χ4n) is 1.53. The molecule has 1 aromatic heterocycles. The van der Waals surface area contributed by atoms with Crippen molar-refractivity contribution in [1.82, 2.24) is 9.97 Å². The van der Waals surface area contributed by atoms with E-state index in [2.05, 4.69) is 9.97 Å². The molecule has 0 aliphatic carbocycles. The van der Waals surface area contributed by atoms with Gasteiger partial charge in [-0.15, -0.1) is 0 Å². The van der Waals surface area contributed by atoms with E-state index in [-0.39, 0.29) is 29.8 Å². The number of amides is 1. The Morgan fingerprint density at radius 3 is 2.50 bits per heavy atom. The van der Waals surface area contributed by atoms with Crippen LogP contribution in [0.1, 0.15) is 6.42 Å². The van der Waals surface area contributed by atoms with Gasteiger partial charge in [0.2, 0.25) is 11.9 Å². The molecule has 0 aromatic carbocycles. The zero-order valence-corrected chi connectivity index (χ0v) is 8.45. The fourth-order valence-corrected chi connectivity index (χ4v) is 1.53. The summed E-state index contributed by atoms with van der Waals surface area (Å²) in [4.78, 5) is 20.6. The summed E-state index contributed by atoms with van der Waals surface area (Å²) in [7, 11) is -1.61. The number of nitrogens with two attached hydrogens (primary N) is 1. The van der Waals surface area contributed by atoms with E-state index in [0.29, 0.717) is 6.54 Å². The molecule has 0 spiro atoms. The second kappa shape index (κ2) is 4.16. The Kier molecular flexibility index (Phi) is 2.86. The second-order valence-electron chi connectivity index (χ2n) is 3.66. The highest BCUT2D eigenvalue weighted by molar-refractivity contribution is 6.58. The molecule has 8 heteroatoms. The van der Waals surface area contributed by atoms with Gasteiger partial charge in [-0.1, -0.05) is 0 Å². The van der Waals surface area contributed by atoms with E-state index in [1.54, 1.807) is 0 Å². The zero-order valence-electron chi connectivity index (χ0n) is 8.45. The van der Waals surface area contributed by atoms with Crippen LogP contribution < -0.4 is 16.1 Å². The zero-order chi connectivity index (χ0) is 11.7. The van der Waals surface area contributed by atoms with Gasteiger partial charge in [-0.25, -0.2) is 9.97 Å². The minimum Gasteiger partial charge on any atom is -0.423 e. The lowest BCUT2D eigenvalue weighted by Crippen LogP contribution is -2.33. The van der Waals surface area contributed by atoms with Crippen molar-refractivity contribution < 1.29 is 14.8 Å². The smallest absolute Gasteiger partial charge is 0.423 e. The van der Waals surface area contributed by atoms with Gasteiger partial charge in [-0.05, 0) is 0 Å². The van der Waals surface area contributed by atoms with Crippen molar-refractivity contribution in [2.75, 3.05) is 11.4 Å². The number of hydrogen-bond donors (Lipinski definition) is 3. The van der Waals surface area contributed by atoms with Gasteiger partial charge in [0.05, 0.1) is 0 Å². The molecule has 0 saturated carbocycles. The molecule has 7 nitrogen and oxygen atoms in total. The summed E-state index contributed by atoms with van der Waals surface area (Å²) in [5.41, 5.74) is 5.81. The van der Waals surface area contributed by atoms with E-state index in [0.717, 1.165) is 0 Å². The maximum absolute atomic E-state index is 11.5. The number of anilines is 1. The first-order valence-electron chi connectivity index (χ1n) is 4.82. The molecule has 2 heterocycles. The summed E-state index contributed by atoms with van der Waals surface area (Å²) in [6.45, 7) is 0.389. The third-order valence-corrected chi connectivity index (χ3v) is 2.35. The van der Waals surface area contributed by atoms with Crippen LogP contribution >= 0.6 is 0 Å². The highest BCUT2D eigenvalue weighted by Crippen LogP contribution is 2.14. The van der Waals surface area contributed by atoms with Gasteiger partial charge in [-0.2, -0.15) is 0 Å². The Bertz CT molecular complexity index is 397. The van der Waals surface area contributed by atoms with Crippen LogP contribution in [0.3, 0.4) is 0 Å². The Labute approximate surface area is 92.1 Å². The van der Waals surface area contributed by atoms with Crippen LogP contribution in [-0.4, -0.2) is 45.6 Å². The van der Waals surface area contributed by atoms with Crippen molar-refractivity contribution in [3.63, 3.8) is 0 Å². The van der Waals surface area contributed by atoms with Crippen molar-refractivity contribution >= 4 is 24.4 Å². The Balaban J connectivity index is 2.19. The molecule has 1 unspecified atom stereocenters. The first-order valence-corrected chi connectivity index (χ1v) is 4.82. The summed E-state index contributed by atoms with van der Waals surface area (Å²) in [5, 5.41) is 17.7. The quantitative estimate of drug-likeness (QED) is 0.466. The van der Waals surface area contributed by atoms with Crippen molar-refractivity contribution in [1.29, 1.82) is 0 Å². The largest absolute Gasteiger partial charge is 0.491 e. The maximum atomic E-state index is 11.5. The molecule has 2 rings (SSSR count). The van der Waals surface area contributed by atoms with E-state index in [1.165, 1.54) is 17.3 Å². The monoisotopic (exact) mass is 222 g/mol. The van der Waals surface area contributed by atoms with Gasteiger partial charge < -0.3 is 15.8 Å². The van der Waals surface area contributed by atoms with Gasteiger partial charge in [-0.3, -0.25) is 9.69 Å². The first-order chi connectivity index (χ1) is 7.58. The predicted octanol–water partition coefficient (Wildman–Crippen LogP) is -2.78. The molecule has 4 N–H and O–H groups in total. The van der Waals surface area contributed by atoms with Crippen molar-refractivity contribution in [3.8, 4) is 0 Å². The molecular weight excluding hydrogens is 211 g/mol. The number of hydrogen-bond acceptors (Lipinski definition) is 6. The topological polar surface area (TPSA) is 113 Å². The maximum Gasteiger partial charge on any atom is 0.491 e. The van der Waals surface area contributed by atoms with Gasteiger partial charge in [0, 0.05) is 36.9 Å². The lowest BCUT2D eigenvalue weighted by molar-refractivity contribution is -0.117. The van der Waals surface area contributed by atoms with Crippen LogP contribution in [0.2, 0.25) is 0 Å².